The fourth-order valence-electron chi connectivity index (χ4n) is 1.32. The fourth-order valence-corrected chi connectivity index (χ4v) is 1.70. The van der Waals surface area contributed by atoms with Gasteiger partial charge in [-0.3, -0.25) is 10.1 Å². The normalized spacial score (nSPS) is 10.2. The van der Waals surface area contributed by atoms with Gasteiger partial charge in [-0.25, -0.2) is 4.98 Å². The Labute approximate surface area is 113 Å². The minimum absolute atomic E-state index is 0.000598. The number of nitro groups is 1. The molecule has 1 aromatic heterocycles. The first-order valence-corrected chi connectivity index (χ1v) is 6.42. The average molecular weight is 278 g/mol. The van der Waals surface area contributed by atoms with Crippen LogP contribution in [0.3, 0.4) is 0 Å². The zero-order valence-electron chi connectivity index (χ0n) is 9.94. The average Bonchev–Trinajstić information content (AvgIpc) is 2.38. The van der Waals surface area contributed by atoms with Gasteiger partial charge in [0.1, 0.15) is 11.6 Å². The van der Waals surface area contributed by atoms with Gasteiger partial charge in [0, 0.05) is 18.2 Å². The molecule has 0 fully saturated rings. The van der Waals surface area contributed by atoms with Gasteiger partial charge in [-0.15, -0.1) is 0 Å². The number of nitrogen functional groups attached to an aromatic ring is 1. The van der Waals surface area contributed by atoms with Crippen molar-refractivity contribution in [1.29, 1.82) is 0 Å². The second-order valence-corrected chi connectivity index (χ2v) is 4.24. The van der Waals surface area contributed by atoms with Gasteiger partial charge in [0.05, 0.1) is 4.92 Å². The highest BCUT2D eigenvalue weighted by atomic mass is 32.2. The monoisotopic (exact) mass is 278 g/mol. The summed E-state index contributed by atoms with van der Waals surface area (Å²) in [5.41, 5.74) is 5.62. The van der Waals surface area contributed by atoms with E-state index in [2.05, 4.69) is 9.97 Å². The summed E-state index contributed by atoms with van der Waals surface area (Å²) < 4.78 is 5.47. The summed E-state index contributed by atoms with van der Waals surface area (Å²) >= 11 is 1.34. The Morgan fingerprint density at radius 2 is 2.00 bits per heavy atom. The first-order chi connectivity index (χ1) is 9.08. The van der Waals surface area contributed by atoms with Crippen LogP contribution in [0.25, 0.3) is 0 Å². The number of non-ortho nitro benzene ring substituents is 1. The van der Waals surface area contributed by atoms with Crippen molar-refractivity contribution in [3.63, 3.8) is 0 Å². The molecule has 2 aromatic rings. The molecular formula is C11H10N4O3S. The summed E-state index contributed by atoms with van der Waals surface area (Å²) in [6.07, 6.45) is 1.82. The molecule has 0 unspecified atom stereocenters. The lowest BCUT2D eigenvalue weighted by Crippen LogP contribution is -1.97. The second kappa shape index (κ2) is 5.53. The zero-order chi connectivity index (χ0) is 13.8. The molecule has 0 saturated heterocycles. The van der Waals surface area contributed by atoms with E-state index in [0.717, 1.165) is 0 Å². The summed E-state index contributed by atoms with van der Waals surface area (Å²) in [6, 6.07) is 7.19. The molecule has 1 aromatic carbocycles. The molecule has 19 heavy (non-hydrogen) atoms. The molecule has 0 saturated carbocycles. The number of ether oxygens (including phenoxy) is 1. The van der Waals surface area contributed by atoms with E-state index in [1.807, 2.05) is 6.26 Å². The molecule has 98 valence electrons. The smallest absolute Gasteiger partial charge is 0.269 e. The molecular weight excluding hydrogens is 268 g/mol. The lowest BCUT2D eigenvalue weighted by Gasteiger charge is -2.06. The van der Waals surface area contributed by atoms with Crippen LogP contribution in [-0.4, -0.2) is 21.1 Å². The highest BCUT2D eigenvalue weighted by Gasteiger charge is 2.07. The first-order valence-electron chi connectivity index (χ1n) is 5.19. The van der Waals surface area contributed by atoms with E-state index in [9.17, 15) is 10.1 Å². The maximum absolute atomic E-state index is 10.5. The number of anilines is 1. The van der Waals surface area contributed by atoms with Gasteiger partial charge < -0.3 is 10.5 Å². The fraction of sp³-hybridized carbons (Fsp3) is 0.0909. The topological polar surface area (TPSA) is 104 Å². The molecule has 0 bridgehead atoms. The number of rotatable bonds is 4. The molecule has 0 aliphatic rings. The summed E-state index contributed by atoms with van der Waals surface area (Å²) in [7, 11) is 0. The van der Waals surface area contributed by atoms with Gasteiger partial charge in [0.15, 0.2) is 5.16 Å². The van der Waals surface area contributed by atoms with Crippen LogP contribution in [-0.2, 0) is 0 Å². The molecule has 0 atom stereocenters. The molecule has 0 aliphatic carbocycles. The maximum Gasteiger partial charge on any atom is 0.269 e. The Hall–Kier alpha value is -2.35. The van der Waals surface area contributed by atoms with Gasteiger partial charge >= 0.3 is 0 Å². The predicted octanol–water partition coefficient (Wildman–Crippen LogP) is 2.48. The number of hydrogen-bond donors (Lipinski definition) is 1. The molecule has 2 N–H and O–H groups in total. The number of nitrogens with two attached hydrogens (primary N) is 1. The van der Waals surface area contributed by atoms with E-state index in [4.69, 9.17) is 10.5 Å². The molecule has 0 aliphatic heterocycles. The second-order valence-electron chi connectivity index (χ2n) is 3.47. The first kappa shape index (κ1) is 13.1. The Kier molecular flexibility index (Phi) is 3.81. The lowest BCUT2D eigenvalue weighted by atomic mass is 10.3. The van der Waals surface area contributed by atoms with Gasteiger partial charge in [0.2, 0.25) is 5.88 Å². The molecule has 0 amide bonds. The standard InChI is InChI=1S/C11H10N4O3S/c1-19-11-13-9(12)6-10(14-11)18-8-4-2-7(3-5-8)15(16)17/h2-6H,1H3,(H2,12,13,14). The van der Waals surface area contributed by atoms with Crippen molar-refractivity contribution in [3.05, 3.63) is 40.4 Å². The Balaban J connectivity index is 2.21. The van der Waals surface area contributed by atoms with Crippen molar-refractivity contribution in [2.45, 2.75) is 5.16 Å². The summed E-state index contributed by atoms with van der Waals surface area (Å²) in [5, 5.41) is 11.0. The minimum atomic E-state index is -0.474. The summed E-state index contributed by atoms with van der Waals surface area (Å²) in [4.78, 5) is 18.2. The van der Waals surface area contributed by atoms with Gasteiger partial charge in [0.25, 0.3) is 5.69 Å². The van der Waals surface area contributed by atoms with Crippen LogP contribution in [0.2, 0.25) is 0 Å². The molecule has 0 spiro atoms. The number of aromatic nitrogens is 2. The van der Waals surface area contributed by atoms with E-state index < -0.39 is 4.92 Å². The van der Waals surface area contributed by atoms with Crippen LogP contribution in [0.5, 0.6) is 11.6 Å². The van der Waals surface area contributed by atoms with Crippen LogP contribution in [0.4, 0.5) is 11.5 Å². The van der Waals surface area contributed by atoms with Crippen LogP contribution in [0, 0.1) is 10.1 Å². The van der Waals surface area contributed by atoms with Crippen molar-refractivity contribution in [2.75, 3.05) is 12.0 Å². The van der Waals surface area contributed by atoms with Crippen LogP contribution >= 0.6 is 11.8 Å². The number of nitrogens with zero attached hydrogens (tertiary/aromatic N) is 3. The van der Waals surface area contributed by atoms with E-state index in [-0.39, 0.29) is 5.69 Å². The third kappa shape index (κ3) is 3.32. The quantitative estimate of drug-likeness (QED) is 0.396. The Morgan fingerprint density at radius 1 is 1.32 bits per heavy atom. The molecule has 8 heteroatoms. The molecule has 1 heterocycles. The predicted molar refractivity (Wildman–Crippen MR) is 71.4 cm³/mol. The zero-order valence-corrected chi connectivity index (χ0v) is 10.8. The van der Waals surface area contributed by atoms with Crippen molar-refractivity contribution in [2.24, 2.45) is 0 Å². The molecule has 2 rings (SSSR count). The number of hydrogen-bond acceptors (Lipinski definition) is 7. The number of thioether (sulfide) groups is 1. The van der Waals surface area contributed by atoms with E-state index in [1.165, 1.54) is 42.1 Å². The van der Waals surface area contributed by atoms with Gasteiger partial charge in [-0.1, -0.05) is 11.8 Å². The van der Waals surface area contributed by atoms with E-state index in [1.54, 1.807) is 0 Å². The molecule has 0 radical (unpaired) electrons. The SMILES string of the molecule is CSc1nc(N)cc(Oc2ccc([N+](=O)[O-])cc2)n1. The number of nitro benzene ring substituents is 1. The largest absolute Gasteiger partial charge is 0.439 e. The van der Waals surface area contributed by atoms with Crippen molar-refractivity contribution in [3.8, 4) is 11.6 Å². The van der Waals surface area contributed by atoms with Crippen LogP contribution in [0.15, 0.2) is 35.5 Å². The Morgan fingerprint density at radius 3 is 2.58 bits per heavy atom. The van der Waals surface area contributed by atoms with Crippen LogP contribution < -0.4 is 10.5 Å². The van der Waals surface area contributed by atoms with Crippen LogP contribution in [0.1, 0.15) is 0 Å². The maximum atomic E-state index is 10.5. The highest BCUT2D eigenvalue weighted by molar-refractivity contribution is 7.98. The van der Waals surface area contributed by atoms with Gasteiger partial charge in [-0.05, 0) is 18.4 Å². The molecule has 7 nitrogen and oxygen atoms in total. The van der Waals surface area contributed by atoms with Gasteiger partial charge in [-0.2, -0.15) is 4.98 Å². The van der Waals surface area contributed by atoms with Crippen molar-refractivity contribution in [1.82, 2.24) is 9.97 Å². The minimum Gasteiger partial charge on any atom is -0.439 e. The number of benzene rings is 1. The van der Waals surface area contributed by atoms with Crippen molar-refractivity contribution < 1.29 is 9.66 Å². The third-order valence-corrected chi connectivity index (χ3v) is 2.70. The van der Waals surface area contributed by atoms with E-state index in [0.29, 0.717) is 22.6 Å². The lowest BCUT2D eigenvalue weighted by molar-refractivity contribution is -0.384. The summed E-state index contributed by atoms with van der Waals surface area (Å²) in [5.74, 6) is 1.04. The van der Waals surface area contributed by atoms with E-state index >= 15 is 0 Å². The third-order valence-electron chi connectivity index (χ3n) is 2.15. The summed E-state index contributed by atoms with van der Waals surface area (Å²) in [6.45, 7) is 0. The Bertz CT molecular complexity index is 603. The highest BCUT2D eigenvalue weighted by Crippen LogP contribution is 2.24. The van der Waals surface area contributed by atoms with Crippen molar-refractivity contribution >= 4 is 23.3 Å².